The van der Waals surface area contributed by atoms with Crippen LogP contribution in [0.4, 0.5) is 11.4 Å². The molecule has 0 aromatic heterocycles. The summed E-state index contributed by atoms with van der Waals surface area (Å²) >= 11 is 0. The van der Waals surface area contributed by atoms with Crippen LogP contribution in [0, 0.1) is 0 Å². The minimum Gasteiger partial charge on any atom is -0.323 e. The lowest BCUT2D eigenvalue weighted by molar-refractivity contribution is -0.116. The monoisotopic (exact) mass is 244 g/mol. The van der Waals surface area contributed by atoms with Gasteiger partial charge in [-0.15, -0.1) is 0 Å². The Morgan fingerprint density at radius 1 is 1.39 bits per heavy atom. The molecule has 0 bridgehead atoms. The van der Waals surface area contributed by atoms with Crippen molar-refractivity contribution in [2.24, 2.45) is 0 Å². The van der Waals surface area contributed by atoms with E-state index in [9.17, 15) is 9.59 Å². The number of allylic oxidation sites excluding steroid dienone is 1. The lowest BCUT2D eigenvalue weighted by atomic mass is 10.1. The van der Waals surface area contributed by atoms with Crippen molar-refractivity contribution in [2.75, 3.05) is 16.8 Å². The highest BCUT2D eigenvalue weighted by molar-refractivity contribution is 6.00. The lowest BCUT2D eigenvalue weighted by Gasteiger charge is -2.14. The fourth-order valence-corrected chi connectivity index (χ4v) is 2.14. The van der Waals surface area contributed by atoms with Crippen molar-refractivity contribution < 1.29 is 9.59 Å². The quantitative estimate of drug-likeness (QED) is 0.810. The van der Waals surface area contributed by atoms with Crippen LogP contribution in [0.3, 0.4) is 0 Å². The first-order valence-corrected chi connectivity index (χ1v) is 5.96. The zero-order chi connectivity index (χ0) is 13.1. The summed E-state index contributed by atoms with van der Waals surface area (Å²) < 4.78 is 0. The van der Waals surface area contributed by atoms with Crippen molar-refractivity contribution in [3.05, 3.63) is 35.9 Å². The second-order valence-electron chi connectivity index (χ2n) is 4.25. The van der Waals surface area contributed by atoms with Gasteiger partial charge in [0.1, 0.15) is 0 Å². The normalized spacial score (nSPS) is 13.8. The fraction of sp³-hybridized carbons (Fsp3) is 0.286. The van der Waals surface area contributed by atoms with Gasteiger partial charge in [0.15, 0.2) is 0 Å². The molecular formula is C14H16N2O2. The van der Waals surface area contributed by atoms with Gasteiger partial charge in [-0.3, -0.25) is 9.59 Å². The van der Waals surface area contributed by atoms with Gasteiger partial charge >= 0.3 is 0 Å². The molecule has 0 spiro atoms. The zero-order valence-electron chi connectivity index (χ0n) is 10.6. The summed E-state index contributed by atoms with van der Waals surface area (Å²) in [5.74, 6) is -0.0849. The maximum Gasteiger partial charge on any atom is 0.248 e. The van der Waals surface area contributed by atoms with Crippen molar-refractivity contribution in [1.29, 1.82) is 0 Å². The molecule has 1 heterocycles. The van der Waals surface area contributed by atoms with E-state index in [0.29, 0.717) is 0 Å². The molecule has 2 rings (SSSR count). The maximum absolute atomic E-state index is 11.4. The van der Waals surface area contributed by atoms with Crippen LogP contribution in [0.5, 0.6) is 0 Å². The van der Waals surface area contributed by atoms with E-state index in [2.05, 4.69) is 5.32 Å². The van der Waals surface area contributed by atoms with E-state index in [-0.39, 0.29) is 11.8 Å². The first kappa shape index (κ1) is 12.4. The number of fused-ring (bicyclic) bond motifs is 1. The number of carbonyl (C=O) groups is 2. The molecule has 1 aromatic rings. The van der Waals surface area contributed by atoms with Crippen molar-refractivity contribution in [2.45, 2.75) is 20.3 Å². The molecular weight excluding hydrogens is 228 g/mol. The van der Waals surface area contributed by atoms with Gasteiger partial charge in [0.25, 0.3) is 0 Å². The number of nitrogens with zero attached hydrogens (tertiary/aromatic N) is 1. The predicted molar refractivity (Wildman–Crippen MR) is 71.6 cm³/mol. The SMILES string of the molecule is CC=CC(=O)Nc1ccc2c(c1)CCN2C(C)=O. The molecule has 1 aliphatic heterocycles. The first-order chi connectivity index (χ1) is 8.61. The Morgan fingerprint density at radius 3 is 2.83 bits per heavy atom. The highest BCUT2D eigenvalue weighted by Gasteiger charge is 2.22. The van der Waals surface area contributed by atoms with Crippen LogP contribution in [0.25, 0.3) is 0 Å². The highest BCUT2D eigenvalue weighted by atomic mass is 16.2. The Balaban J connectivity index is 2.19. The fourth-order valence-electron chi connectivity index (χ4n) is 2.14. The molecule has 18 heavy (non-hydrogen) atoms. The molecule has 4 heteroatoms. The maximum atomic E-state index is 11.4. The number of carbonyl (C=O) groups excluding carboxylic acids is 2. The number of anilines is 2. The van der Waals surface area contributed by atoms with Crippen molar-refractivity contribution in [3.8, 4) is 0 Å². The molecule has 1 aromatic carbocycles. The summed E-state index contributed by atoms with van der Waals surface area (Å²) in [6.45, 7) is 4.08. The molecule has 0 saturated heterocycles. The van der Waals surface area contributed by atoms with Crippen LogP contribution in [0.1, 0.15) is 19.4 Å². The number of hydrogen-bond donors (Lipinski definition) is 1. The Labute approximate surface area is 106 Å². The molecule has 0 saturated carbocycles. The highest BCUT2D eigenvalue weighted by Crippen LogP contribution is 2.30. The number of hydrogen-bond acceptors (Lipinski definition) is 2. The van der Waals surface area contributed by atoms with E-state index in [1.54, 1.807) is 24.8 Å². The van der Waals surface area contributed by atoms with Crippen molar-refractivity contribution in [3.63, 3.8) is 0 Å². The Bertz CT molecular complexity index is 521. The van der Waals surface area contributed by atoms with Gasteiger partial charge in [-0.1, -0.05) is 6.08 Å². The molecule has 1 aliphatic rings. The third-order valence-electron chi connectivity index (χ3n) is 2.94. The minimum atomic E-state index is -0.140. The molecule has 94 valence electrons. The van der Waals surface area contributed by atoms with E-state index < -0.39 is 0 Å². The zero-order valence-corrected chi connectivity index (χ0v) is 10.6. The van der Waals surface area contributed by atoms with Crippen LogP contribution < -0.4 is 10.2 Å². The van der Waals surface area contributed by atoms with Crippen molar-refractivity contribution in [1.82, 2.24) is 0 Å². The van der Waals surface area contributed by atoms with E-state index in [1.807, 2.05) is 18.2 Å². The lowest BCUT2D eigenvalue weighted by Crippen LogP contribution is -2.25. The van der Waals surface area contributed by atoms with Gasteiger partial charge in [-0.25, -0.2) is 0 Å². The number of benzene rings is 1. The first-order valence-electron chi connectivity index (χ1n) is 5.96. The van der Waals surface area contributed by atoms with Crippen LogP contribution in [0.15, 0.2) is 30.4 Å². The van der Waals surface area contributed by atoms with Crippen LogP contribution in [-0.2, 0) is 16.0 Å². The Morgan fingerprint density at radius 2 is 2.17 bits per heavy atom. The van der Waals surface area contributed by atoms with Gasteiger partial charge in [-0.05, 0) is 43.2 Å². The topological polar surface area (TPSA) is 49.4 Å². The molecule has 0 atom stereocenters. The van der Waals surface area contributed by atoms with Gasteiger partial charge in [0.2, 0.25) is 11.8 Å². The second-order valence-corrected chi connectivity index (χ2v) is 4.25. The summed E-state index contributed by atoms with van der Waals surface area (Å²) in [4.78, 5) is 24.6. The third-order valence-corrected chi connectivity index (χ3v) is 2.94. The van der Waals surface area contributed by atoms with Gasteiger partial charge in [0, 0.05) is 24.8 Å². The summed E-state index contributed by atoms with van der Waals surface area (Å²) in [5, 5.41) is 2.79. The molecule has 0 radical (unpaired) electrons. The summed E-state index contributed by atoms with van der Waals surface area (Å²) in [6.07, 6.45) is 4.01. The van der Waals surface area contributed by atoms with E-state index in [4.69, 9.17) is 0 Å². The molecule has 2 amide bonds. The molecule has 0 aliphatic carbocycles. The van der Waals surface area contributed by atoms with Crippen LogP contribution >= 0.6 is 0 Å². The largest absolute Gasteiger partial charge is 0.323 e. The summed E-state index contributed by atoms with van der Waals surface area (Å²) in [6, 6.07) is 5.64. The van der Waals surface area contributed by atoms with Gasteiger partial charge in [0.05, 0.1) is 0 Å². The molecule has 0 unspecified atom stereocenters. The van der Waals surface area contributed by atoms with Crippen LogP contribution in [-0.4, -0.2) is 18.4 Å². The van der Waals surface area contributed by atoms with Gasteiger partial charge in [-0.2, -0.15) is 0 Å². The Kier molecular flexibility index (Phi) is 3.46. The molecule has 0 fully saturated rings. The molecule has 1 N–H and O–H groups in total. The van der Waals surface area contributed by atoms with Crippen LogP contribution in [0.2, 0.25) is 0 Å². The average molecular weight is 244 g/mol. The minimum absolute atomic E-state index is 0.0550. The third kappa shape index (κ3) is 2.42. The smallest absolute Gasteiger partial charge is 0.248 e. The van der Waals surface area contributed by atoms with Crippen molar-refractivity contribution >= 4 is 23.2 Å². The average Bonchev–Trinajstić information content (AvgIpc) is 2.72. The van der Waals surface area contributed by atoms with E-state index in [0.717, 1.165) is 29.9 Å². The second kappa shape index (κ2) is 5.04. The van der Waals surface area contributed by atoms with Gasteiger partial charge < -0.3 is 10.2 Å². The Hall–Kier alpha value is -2.10. The van der Waals surface area contributed by atoms with E-state index >= 15 is 0 Å². The summed E-state index contributed by atoms with van der Waals surface area (Å²) in [5.41, 5.74) is 2.82. The number of amides is 2. The standard InChI is InChI=1S/C14H16N2O2/c1-3-4-14(18)15-12-5-6-13-11(9-12)7-8-16(13)10(2)17/h3-6,9H,7-8H2,1-2H3,(H,15,18). The number of nitrogens with one attached hydrogen (secondary N) is 1. The molecule has 4 nitrogen and oxygen atoms in total. The predicted octanol–water partition coefficient (Wildman–Crippen LogP) is 2.11. The summed E-state index contributed by atoms with van der Waals surface area (Å²) in [7, 11) is 0. The number of rotatable bonds is 2. The van der Waals surface area contributed by atoms with E-state index in [1.165, 1.54) is 6.08 Å².